The number of H-pyrrole nitrogens is 1. The number of nitrogens with zero attached hydrogens (tertiary/aromatic N) is 7. The van der Waals surface area contributed by atoms with Crippen molar-refractivity contribution >= 4 is 61.0 Å². The third-order valence-electron chi connectivity index (χ3n) is 14.3. The maximum atomic E-state index is 14.1. The van der Waals surface area contributed by atoms with Gasteiger partial charge in [-0.2, -0.15) is 13.9 Å². The number of ether oxygens (including phenoxy) is 1. The molecule has 0 aliphatic heterocycles. The van der Waals surface area contributed by atoms with E-state index < -0.39 is 28.8 Å². The van der Waals surface area contributed by atoms with Crippen LogP contribution in [0.25, 0.3) is 44.6 Å². The fourth-order valence-corrected chi connectivity index (χ4v) is 11.3. The number of carbonyl (C=O) groups excluding carboxylic acids is 2. The van der Waals surface area contributed by atoms with Crippen molar-refractivity contribution in [3.63, 3.8) is 0 Å². The van der Waals surface area contributed by atoms with Crippen LogP contribution in [0.15, 0.2) is 230 Å². The molecule has 0 atom stereocenters. The molecule has 5 aromatic heterocycles. The van der Waals surface area contributed by atoms with E-state index in [2.05, 4.69) is 119 Å². The van der Waals surface area contributed by atoms with Gasteiger partial charge in [-0.15, -0.1) is 0 Å². The van der Waals surface area contributed by atoms with Crippen molar-refractivity contribution in [3.05, 3.63) is 274 Å². The predicted octanol–water partition coefficient (Wildman–Crippen LogP) is 14.5. The van der Waals surface area contributed by atoms with Gasteiger partial charge >= 0.3 is 6.61 Å². The maximum absolute atomic E-state index is 14.1. The number of aromatic amines is 1. The second kappa shape index (κ2) is 22.9. The van der Waals surface area contributed by atoms with E-state index in [-0.39, 0.29) is 17.6 Å². The molecular formula is C68H59BrF2N10O3. The maximum Gasteiger partial charge on any atom is 0.387 e. The number of amides is 2. The van der Waals surface area contributed by atoms with Crippen molar-refractivity contribution in [1.29, 1.82) is 0 Å². The molecular weight excluding hydrogens is 1120 g/mol. The Morgan fingerprint density at radius 2 is 0.893 bits per heavy atom. The van der Waals surface area contributed by atoms with E-state index in [4.69, 9.17) is 19.9 Å². The van der Waals surface area contributed by atoms with E-state index >= 15 is 0 Å². The van der Waals surface area contributed by atoms with Gasteiger partial charge in [0.25, 0.3) is 11.8 Å². The molecule has 0 aliphatic rings. The molecule has 0 unspecified atom stereocenters. The summed E-state index contributed by atoms with van der Waals surface area (Å²) in [5, 5.41) is 14.1. The monoisotopic (exact) mass is 1180 g/mol. The lowest BCUT2D eigenvalue weighted by Gasteiger charge is -2.38. The number of fused-ring (bicyclic) bond motifs is 3. The molecule has 0 saturated heterocycles. The molecule has 13 nitrogen and oxygen atoms in total. The van der Waals surface area contributed by atoms with Crippen molar-refractivity contribution in [2.24, 2.45) is 0 Å². The summed E-state index contributed by atoms with van der Waals surface area (Å²) in [4.78, 5) is 47.1. The average Bonchev–Trinajstić information content (AvgIpc) is 2.35. The van der Waals surface area contributed by atoms with Crippen LogP contribution in [-0.2, 0) is 11.1 Å². The van der Waals surface area contributed by atoms with E-state index in [1.54, 1.807) is 18.5 Å². The molecule has 2 amide bonds. The molecule has 7 aromatic carbocycles. The average molecular weight is 1180 g/mol. The quantitative estimate of drug-likeness (QED) is 0.0963. The van der Waals surface area contributed by atoms with E-state index in [0.717, 1.165) is 33.4 Å². The highest BCUT2D eigenvalue weighted by Gasteiger charge is 2.43. The fourth-order valence-electron chi connectivity index (χ4n) is 11.0. The zero-order chi connectivity index (χ0) is 58.8. The second-order valence-electron chi connectivity index (χ2n) is 22.3. The third-order valence-corrected chi connectivity index (χ3v) is 14.7. The minimum atomic E-state index is -2.98. The Morgan fingerprint density at radius 3 is 1.26 bits per heavy atom. The molecule has 12 rings (SSSR count). The van der Waals surface area contributed by atoms with Gasteiger partial charge in [0, 0.05) is 28.9 Å². The topological polar surface area (TPSA) is 158 Å². The largest absolute Gasteiger partial charge is 0.435 e. The molecule has 16 heteroatoms. The van der Waals surface area contributed by atoms with Crippen LogP contribution in [-0.4, -0.2) is 68.8 Å². The van der Waals surface area contributed by atoms with Gasteiger partial charge in [-0.3, -0.25) is 14.7 Å². The van der Waals surface area contributed by atoms with Gasteiger partial charge in [0.1, 0.15) is 43.9 Å². The molecule has 5 heterocycles. The first-order valence-electron chi connectivity index (χ1n) is 27.3. The number of halogens is 3. The Bertz CT molecular complexity index is 4090. The molecule has 0 radical (unpaired) electrons. The lowest BCUT2D eigenvalue weighted by Crippen LogP contribution is -2.40. The third kappa shape index (κ3) is 10.8. The van der Waals surface area contributed by atoms with E-state index in [0.29, 0.717) is 60.3 Å². The zero-order valence-electron chi connectivity index (χ0n) is 46.9. The number of nitrogens with one attached hydrogen (secondary N) is 3. The number of hydrogen-bond acceptors (Lipinski definition) is 8. The number of aromatic nitrogens is 8. The van der Waals surface area contributed by atoms with Crippen LogP contribution in [0, 0.1) is 0 Å². The van der Waals surface area contributed by atoms with E-state index in [9.17, 15) is 18.4 Å². The summed E-state index contributed by atoms with van der Waals surface area (Å²) in [5.74, 6) is -0.522. The van der Waals surface area contributed by atoms with Gasteiger partial charge < -0.3 is 24.5 Å². The first kappa shape index (κ1) is 56.2. The summed E-state index contributed by atoms with van der Waals surface area (Å²) in [5.41, 5.74) is 7.44. The van der Waals surface area contributed by atoms with Gasteiger partial charge in [0.15, 0.2) is 11.3 Å². The van der Waals surface area contributed by atoms with Crippen LogP contribution in [0.4, 0.5) is 8.78 Å². The smallest absolute Gasteiger partial charge is 0.387 e. The summed E-state index contributed by atoms with van der Waals surface area (Å²) in [6.45, 7) is 8.67. The number of rotatable bonds is 13. The molecule has 0 aliphatic carbocycles. The summed E-state index contributed by atoms with van der Waals surface area (Å²) in [7, 11) is 0. The van der Waals surface area contributed by atoms with Gasteiger partial charge in [0.05, 0.1) is 29.0 Å². The highest BCUT2D eigenvalue weighted by atomic mass is 79.9. The standard InChI is InChI=1S/C38H32F2N6O2.C30H27BrN4O/c1-37(2,3)43-35(47)29-23-46(38(24-13-7-4-8-14-24,25-15-9-5-10-16-25)26-17-11-6-12-18-26)34-33(29)42-31(22-41-34)32-28-21-27(48-36(39)40)19-20-30(28)44-45-32;1-29(2,3)34-28(36)24-20-35(27-26(24)33-25(31)19-32-27)30(21-13-7-4-8-14-21,22-15-9-5-10-16-22)23-17-11-6-12-18-23/h4-23,36H,1-3H3,(H,43,47)(H,44,45);4-20H,1-3H3,(H,34,36). The second-order valence-corrected chi connectivity index (χ2v) is 23.1. The van der Waals surface area contributed by atoms with Crippen molar-refractivity contribution in [2.75, 3.05) is 0 Å². The Hall–Kier alpha value is -9.67. The number of alkyl halides is 2. The first-order chi connectivity index (χ1) is 40.5. The van der Waals surface area contributed by atoms with Crippen LogP contribution in [0.5, 0.6) is 5.75 Å². The Kier molecular flexibility index (Phi) is 15.3. The first-order valence-corrected chi connectivity index (χ1v) is 28.1. The Balaban J connectivity index is 0.000000183. The van der Waals surface area contributed by atoms with Gasteiger partial charge in [0.2, 0.25) is 0 Å². The number of hydrogen-bond donors (Lipinski definition) is 3. The fraction of sp³-hybridized carbons (Fsp3) is 0.162. The molecule has 0 fully saturated rings. The van der Waals surface area contributed by atoms with Crippen molar-refractivity contribution in [3.8, 4) is 17.1 Å². The summed E-state index contributed by atoms with van der Waals surface area (Å²) < 4.78 is 35.4. The molecule has 0 spiro atoms. The Labute approximate surface area is 493 Å². The molecule has 84 heavy (non-hydrogen) atoms. The number of benzene rings is 7. The predicted molar refractivity (Wildman–Crippen MR) is 328 cm³/mol. The summed E-state index contributed by atoms with van der Waals surface area (Å²) in [6, 6.07) is 65.8. The molecule has 12 aromatic rings. The Morgan fingerprint density at radius 1 is 0.524 bits per heavy atom. The molecule has 3 N–H and O–H groups in total. The summed E-state index contributed by atoms with van der Waals surface area (Å²) >= 11 is 3.46. The van der Waals surface area contributed by atoms with Crippen molar-refractivity contribution < 1.29 is 23.1 Å². The highest BCUT2D eigenvalue weighted by Crippen LogP contribution is 2.45. The minimum absolute atomic E-state index is 0.0102. The van der Waals surface area contributed by atoms with Crippen LogP contribution < -0.4 is 15.4 Å². The lowest BCUT2D eigenvalue weighted by atomic mass is 9.76. The van der Waals surface area contributed by atoms with E-state index in [1.807, 2.05) is 168 Å². The SMILES string of the molecule is CC(C)(C)NC(=O)c1cn(C(c2ccccc2)(c2ccccc2)c2ccccc2)c2ncc(-c3n[nH]c4ccc(OC(F)F)cc34)nc12.CC(C)(C)NC(=O)c1cn(C(c2ccccc2)(c2ccccc2)c2ccccc2)c2ncc(Br)nc12. The van der Waals surface area contributed by atoms with Gasteiger partial charge in [-0.05, 0) is 109 Å². The van der Waals surface area contributed by atoms with Crippen molar-refractivity contribution in [1.82, 2.24) is 49.9 Å². The van der Waals surface area contributed by atoms with E-state index in [1.165, 1.54) is 12.1 Å². The normalized spacial score (nSPS) is 12.1. The zero-order valence-corrected chi connectivity index (χ0v) is 48.5. The van der Waals surface area contributed by atoms with Gasteiger partial charge in [-0.25, -0.2) is 19.9 Å². The van der Waals surface area contributed by atoms with Gasteiger partial charge in [-0.1, -0.05) is 182 Å². The summed E-state index contributed by atoms with van der Waals surface area (Å²) in [6.07, 6.45) is 6.98. The molecule has 0 bridgehead atoms. The highest BCUT2D eigenvalue weighted by molar-refractivity contribution is 9.10. The van der Waals surface area contributed by atoms with Crippen LogP contribution in [0.2, 0.25) is 0 Å². The lowest BCUT2D eigenvalue weighted by molar-refractivity contribution is -0.0497. The minimum Gasteiger partial charge on any atom is -0.435 e. The molecule has 0 saturated carbocycles. The number of carbonyl (C=O) groups is 2. The van der Waals surface area contributed by atoms with Crippen molar-refractivity contribution in [2.45, 2.75) is 70.3 Å². The van der Waals surface area contributed by atoms with Crippen LogP contribution in [0.1, 0.15) is 95.6 Å². The molecule has 420 valence electrons. The van der Waals surface area contributed by atoms with Crippen LogP contribution >= 0.6 is 15.9 Å². The van der Waals surface area contributed by atoms with Crippen LogP contribution in [0.3, 0.4) is 0 Å².